The van der Waals surface area contributed by atoms with Gasteiger partial charge in [0.2, 0.25) is 11.7 Å². The number of benzene rings is 1. The molecule has 1 amide bonds. The molecule has 0 N–H and O–H groups in total. The predicted molar refractivity (Wildman–Crippen MR) is 121 cm³/mol. The minimum absolute atomic E-state index is 0.00934. The molecule has 4 rings (SSSR count). The second-order valence-electron chi connectivity index (χ2n) is 7.09. The molecule has 1 aliphatic heterocycles. The molecule has 3 heterocycles. The van der Waals surface area contributed by atoms with Crippen molar-refractivity contribution >= 4 is 29.0 Å². The van der Waals surface area contributed by atoms with Gasteiger partial charge in [-0.1, -0.05) is 30.0 Å². The maximum absolute atomic E-state index is 12.8. The van der Waals surface area contributed by atoms with Gasteiger partial charge in [-0.15, -0.1) is 16.8 Å². The second kappa shape index (κ2) is 9.69. The molecule has 11 heteroatoms. The van der Waals surface area contributed by atoms with Crippen molar-refractivity contribution in [2.24, 2.45) is 0 Å². The maximum Gasteiger partial charge on any atom is 0.292 e. The quantitative estimate of drug-likeness (QED) is 0.221. The topological polar surface area (TPSA) is 111 Å². The van der Waals surface area contributed by atoms with E-state index >= 15 is 0 Å². The summed E-state index contributed by atoms with van der Waals surface area (Å²) in [7, 11) is 0. The van der Waals surface area contributed by atoms with Crippen molar-refractivity contribution in [2.45, 2.75) is 11.7 Å². The van der Waals surface area contributed by atoms with Gasteiger partial charge in [0.15, 0.2) is 10.9 Å². The molecule has 0 radical (unpaired) electrons. The third kappa shape index (κ3) is 4.52. The number of aromatic nitrogens is 3. The first-order valence-corrected chi connectivity index (χ1v) is 11.0. The first-order valence-electron chi connectivity index (χ1n) is 10.1. The fourth-order valence-corrected chi connectivity index (χ4v) is 4.43. The Balaban J connectivity index is 1.36. The average Bonchev–Trinajstić information content (AvgIpc) is 3.48. The summed E-state index contributed by atoms with van der Waals surface area (Å²) in [6.07, 6.45) is 3.31. The lowest BCUT2D eigenvalue weighted by molar-refractivity contribution is -0.384. The Labute approximate surface area is 188 Å². The van der Waals surface area contributed by atoms with Crippen LogP contribution in [0.5, 0.6) is 0 Å². The number of thioether (sulfide) groups is 1. The SMILES string of the molecule is C=CCn1c(SCC(=O)N2CCN(c3ccccc3[N+](=O)[O-])CC2)nnc1-c1ccco1. The normalized spacial score (nSPS) is 13.9. The second-order valence-corrected chi connectivity index (χ2v) is 8.03. The molecule has 2 aromatic heterocycles. The first-order chi connectivity index (χ1) is 15.6. The molecule has 1 saturated heterocycles. The third-order valence-corrected chi connectivity index (χ3v) is 6.10. The van der Waals surface area contributed by atoms with E-state index < -0.39 is 0 Å². The zero-order valence-corrected chi connectivity index (χ0v) is 18.1. The van der Waals surface area contributed by atoms with Crippen LogP contribution in [0.4, 0.5) is 11.4 Å². The molecule has 1 aromatic carbocycles. The number of para-hydroxylation sites is 2. The molecule has 0 aliphatic carbocycles. The van der Waals surface area contributed by atoms with Crippen LogP contribution in [0.2, 0.25) is 0 Å². The van der Waals surface area contributed by atoms with Gasteiger partial charge in [0, 0.05) is 38.8 Å². The standard InChI is InChI=1S/C21H22N6O4S/c1-2-9-26-20(18-8-5-14-31-18)22-23-21(26)32-15-19(28)25-12-10-24(11-13-25)16-6-3-4-7-17(16)27(29)30/h2-8,14H,1,9-13,15H2. The van der Waals surface area contributed by atoms with E-state index in [9.17, 15) is 14.9 Å². The number of anilines is 1. The van der Waals surface area contributed by atoms with Crippen LogP contribution in [0.3, 0.4) is 0 Å². The molecule has 0 bridgehead atoms. The molecule has 32 heavy (non-hydrogen) atoms. The van der Waals surface area contributed by atoms with Crippen molar-refractivity contribution in [3.63, 3.8) is 0 Å². The lowest BCUT2D eigenvalue weighted by Crippen LogP contribution is -2.49. The molecular formula is C21H22N6O4S. The number of nitro groups is 1. The van der Waals surface area contributed by atoms with Gasteiger partial charge in [0.1, 0.15) is 5.69 Å². The maximum atomic E-state index is 12.8. The van der Waals surface area contributed by atoms with Crippen LogP contribution in [-0.2, 0) is 11.3 Å². The number of rotatable bonds is 8. The zero-order valence-electron chi connectivity index (χ0n) is 17.3. The fourth-order valence-electron chi connectivity index (χ4n) is 3.58. The summed E-state index contributed by atoms with van der Waals surface area (Å²) in [5.74, 6) is 1.40. The molecule has 0 spiro atoms. The van der Waals surface area contributed by atoms with Gasteiger partial charge >= 0.3 is 0 Å². The van der Waals surface area contributed by atoms with E-state index in [-0.39, 0.29) is 22.3 Å². The molecular weight excluding hydrogens is 432 g/mol. The number of hydrogen-bond acceptors (Lipinski definition) is 8. The predicted octanol–water partition coefficient (Wildman–Crippen LogP) is 3.07. The Morgan fingerprint density at radius 3 is 2.66 bits per heavy atom. The monoisotopic (exact) mass is 454 g/mol. The molecule has 1 fully saturated rings. The number of piperazine rings is 1. The summed E-state index contributed by atoms with van der Waals surface area (Å²) >= 11 is 1.32. The smallest absolute Gasteiger partial charge is 0.292 e. The Bertz CT molecular complexity index is 1110. The Morgan fingerprint density at radius 2 is 1.97 bits per heavy atom. The molecule has 0 atom stereocenters. The Kier molecular flexibility index (Phi) is 6.55. The van der Waals surface area contributed by atoms with E-state index in [4.69, 9.17) is 4.42 Å². The summed E-state index contributed by atoms with van der Waals surface area (Å²) in [6.45, 7) is 6.35. The summed E-state index contributed by atoms with van der Waals surface area (Å²) in [6, 6.07) is 10.3. The van der Waals surface area contributed by atoms with Crippen LogP contribution in [-0.4, -0.2) is 62.4 Å². The largest absolute Gasteiger partial charge is 0.461 e. The van der Waals surface area contributed by atoms with Crippen molar-refractivity contribution in [1.29, 1.82) is 0 Å². The van der Waals surface area contributed by atoms with E-state index in [1.165, 1.54) is 17.8 Å². The van der Waals surface area contributed by atoms with Crippen LogP contribution in [0, 0.1) is 10.1 Å². The van der Waals surface area contributed by atoms with E-state index in [0.717, 1.165) is 0 Å². The van der Waals surface area contributed by atoms with Crippen molar-refractivity contribution in [3.05, 3.63) is 65.4 Å². The Morgan fingerprint density at radius 1 is 1.19 bits per heavy atom. The summed E-state index contributed by atoms with van der Waals surface area (Å²) in [4.78, 5) is 27.4. The van der Waals surface area contributed by atoms with Crippen LogP contribution >= 0.6 is 11.8 Å². The van der Waals surface area contributed by atoms with Gasteiger partial charge in [-0.2, -0.15) is 0 Å². The molecule has 0 saturated carbocycles. The van der Waals surface area contributed by atoms with Crippen LogP contribution in [0.1, 0.15) is 0 Å². The van der Waals surface area contributed by atoms with Crippen molar-refractivity contribution in [1.82, 2.24) is 19.7 Å². The summed E-state index contributed by atoms with van der Waals surface area (Å²) < 4.78 is 7.28. The van der Waals surface area contributed by atoms with E-state index in [1.807, 2.05) is 9.47 Å². The van der Waals surface area contributed by atoms with Crippen LogP contribution in [0.25, 0.3) is 11.6 Å². The molecule has 3 aromatic rings. The number of carbonyl (C=O) groups excluding carboxylic acids is 1. The summed E-state index contributed by atoms with van der Waals surface area (Å²) in [5.41, 5.74) is 0.665. The molecule has 166 valence electrons. The number of carbonyl (C=O) groups is 1. The minimum Gasteiger partial charge on any atom is -0.461 e. The number of nitrogens with zero attached hydrogens (tertiary/aromatic N) is 6. The molecule has 0 unspecified atom stereocenters. The van der Waals surface area contributed by atoms with Crippen LogP contribution in [0.15, 0.2) is 64.9 Å². The van der Waals surface area contributed by atoms with Gasteiger partial charge in [-0.25, -0.2) is 0 Å². The van der Waals surface area contributed by atoms with E-state index in [0.29, 0.717) is 55.2 Å². The highest BCUT2D eigenvalue weighted by Crippen LogP contribution is 2.29. The van der Waals surface area contributed by atoms with E-state index in [1.54, 1.807) is 47.6 Å². The van der Waals surface area contributed by atoms with Gasteiger partial charge in [0.25, 0.3) is 5.69 Å². The average molecular weight is 455 g/mol. The van der Waals surface area contributed by atoms with Gasteiger partial charge in [-0.3, -0.25) is 19.5 Å². The number of nitro benzene ring substituents is 1. The fraction of sp³-hybridized carbons (Fsp3) is 0.286. The number of amides is 1. The number of allylic oxidation sites excluding steroid dienone is 1. The lowest BCUT2D eigenvalue weighted by atomic mass is 10.2. The van der Waals surface area contributed by atoms with Crippen molar-refractivity contribution in [3.8, 4) is 11.6 Å². The van der Waals surface area contributed by atoms with E-state index in [2.05, 4.69) is 16.8 Å². The first kappa shape index (κ1) is 21.6. The van der Waals surface area contributed by atoms with Gasteiger partial charge < -0.3 is 14.2 Å². The lowest BCUT2D eigenvalue weighted by Gasteiger charge is -2.35. The molecule has 1 aliphatic rings. The highest BCUT2D eigenvalue weighted by molar-refractivity contribution is 7.99. The van der Waals surface area contributed by atoms with Crippen molar-refractivity contribution < 1.29 is 14.1 Å². The third-order valence-electron chi connectivity index (χ3n) is 5.15. The summed E-state index contributed by atoms with van der Waals surface area (Å²) in [5, 5.41) is 20.3. The zero-order chi connectivity index (χ0) is 22.5. The van der Waals surface area contributed by atoms with Gasteiger partial charge in [-0.05, 0) is 18.2 Å². The van der Waals surface area contributed by atoms with Crippen molar-refractivity contribution in [2.75, 3.05) is 36.8 Å². The Hall–Kier alpha value is -3.60. The molecule has 10 nitrogen and oxygen atoms in total. The van der Waals surface area contributed by atoms with Gasteiger partial charge in [0.05, 0.1) is 16.9 Å². The number of hydrogen-bond donors (Lipinski definition) is 0. The minimum atomic E-state index is -0.375. The highest BCUT2D eigenvalue weighted by Gasteiger charge is 2.26. The van der Waals surface area contributed by atoms with Crippen LogP contribution < -0.4 is 4.90 Å². The highest BCUT2D eigenvalue weighted by atomic mass is 32.2. The number of furan rings is 1.